The number of sulfone groups is 1. The van der Waals surface area contributed by atoms with Crippen LogP contribution >= 0.6 is 0 Å². The number of rotatable bonds is 10. The molecule has 0 aliphatic rings. The second-order valence-electron chi connectivity index (χ2n) is 6.04. The lowest BCUT2D eigenvalue weighted by molar-refractivity contribution is 0.577. The number of hydrogen-bond acceptors (Lipinski definition) is 4. The Labute approximate surface area is 134 Å². The van der Waals surface area contributed by atoms with Gasteiger partial charge in [-0.1, -0.05) is 25.3 Å². The molecule has 0 aliphatic carbocycles. The van der Waals surface area contributed by atoms with Crippen LogP contribution in [0.15, 0.2) is 18.2 Å². The summed E-state index contributed by atoms with van der Waals surface area (Å²) in [7, 11) is -2.88. The van der Waals surface area contributed by atoms with Crippen LogP contribution in [-0.2, 0) is 16.3 Å². The van der Waals surface area contributed by atoms with Crippen molar-refractivity contribution in [1.82, 2.24) is 0 Å². The highest BCUT2D eigenvalue weighted by atomic mass is 32.2. The molecular weight excluding hydrogens is 296 g/mol. The van der Waals surface area contributed by atoms with Crippen LogP contribution in [0.1, 0.15) is 57.1 Å². The SMILES string of the molecule is CC(C)S(=O)(=O)CCCCCCCc1ccc(N)c(C=N)c1. The van der Waals surface area contributed by atoms with Gasteiger partial charge in [0, 0.05) is 17.5 Å². The minimum absolute atomic E-state index is 0.263. The Morgan fingerprint density at radius 1 is 1.14 bits per heavy atom. The first-order valence-corrected chi connectivity index (χ1v) is 9.69. The summed E-state index contributed by atoms with van der Waals surface area (Å²) in [5, 5.41) is 7.03. The molecule has 0 saturated heterocycles. The van der Waals surface area contributed by atoms with Crippen LogP contribution in [0.25, 0.3) is 0 Å². The van der Waals surface area contributed by atoms with Crippen molar-refractivity contribution in [3.8, 4) is 0 Å². The number of nitrogens with two attached hydrogens (primary N) is 1. The summed E-state index contributed by atoms with van der Waals surface area (Å²) in [6.45, 7) is 3.48. The molecule has 0 bridgehead atoms. The molecule has 0 fully saturated rings. The van der Waals surface area contributed by atoms with Gasteiger partial charge < -0.3 is 11.1 Å². The standard InChI is InChI=1S/C17H28N2O2S/c1-14(2)22(20,21)11-7-5-3-4-6-8-15-9-10-17(19)16(12-15)13-18/h9-10,12-14,18H,3-8,11,19H2,1-2H3. The summed E-state index contributed by atoms with van der Waals surface area (Å²) >= 11 is 0. The molecule has 124 valence electrons. The molecule has 0 spiro atoms. The Balaban J connectivity index is 2.20. The third-order valence-electron chi connectivity index (χ3n) is 3.92. The molecule has 4 nitrogen and oxygen atoms in total. The Kier molecular flexibility index (Phi) is 7.59. The monoisotopic (exact) mass is 324 g/mol. The number of anilines is 1. The summed E-state index contributed by atoms with van der Waals surface area (Å²) in [4.78, 5) is 0. The molecule has 22 heavy (non-hydrogen) atoms. The first kappa shape index (κ1) is 18.7. The van der Waals surface area contributed by atoms with E-state index in [0.29, 0.717) is 11.4 Å². The zero-order valence-electron chi connectivity index (χ0n) is 13.6. The van der Waals surface area contributed by atoms with Gasteiger partial charge >= 0.3 is 0 Å². The van der Waals surface area contributed by atoms with Crippen LogP contribution in [0.2, 0.25) is 0 Å². The summed E-state index contributed by atoms with van der Waals surface area (Å²) in [6.07, 6.45) is 7.25. The minimum atomic E-state index is -2.88. The van der Waals surface area contributed by atoms with Gasteiger partial charge in [0.05, 0.1) is 11.0 Å². The first-order valence-electron chi connectivity index (χ1n) is 7.97. The number of hydrogen-bond donors (Lipinski definition) is 2. The first-order chi connectivity index (χ1) is 10.4. The Bertz CT molecular complexity index is 580. The van der Waals surface area contributed by atoms with Crippen LogP contribution in [0.4, 0.5) is 5.69 Å². The summed E-state index contributed by atoms with van der Waals surface area (Å²) in [5.41, 5.74) is 8.39. The molecule has 1 aromatic carbocycles. The highest BCUT2D eigenvalue weighted by Crippen LogP contribution is 2.15. The lowest BCUT2D eigenvalue weighted by Crippen LogP contribution is -2.17. The maximum atomic E-state index is 11.7. The van der Waals surface area contributed by atoms with E-state index in [1.54, 1.807) is 13.8 Å². The molecular formula is C17H28N2O2S. The molecule has 5 heteroatoms. The van der Waals surface area contributed by atoms with Crippen molar-refractivity contribution in [3.63, 3.8) is 0 Å². The normalized spacial score (nSPS) is 11.8. The molecule has 0 heterocycles. The van der Waals surface area contributed by atoms with Crippen molar-refractivity contribution in [3.05, 3.63) is 29.3 Å². The van der Waals surface area contributed by atoms with E-state index < -0.39 is 9.84 Å². The van der Waals surface area contributed by atoms with E-state index in [4.69, 9.17) is 11.1 Å². The second kappa shape index (κ2) is 8.93. The van der Waals surface area contributed by atoms with Gasteiger partial charge in [-0.05, 0) is 50.8 Å². The van der Waals surface area contributed by atoms with Crippen LogP contribution in [0.3, 0.4) is 0 Å². The number of unbranched alkanes of at least 4 members (excludes halogenated alkanes) is 4. The van der Waals surface area contributed by atoms with Gasteiger partial charge in [-0.3, -0.25) is 0 Å². The molecule has 0 aliphatic heterocycles. The number of aryl methyl sites for hydroxylation is 1. The van der Waals surface area contributed by atoms with Gasteiger partial charge in [0.1, 0.15) is 0 Å². The molecule has 0 saturated carbocycles. The van der Waals surface area contributed by atoms with Crippen molar-refractivity contribution < 1.29 is 8.42 Å². The fourth-order valence-electron chi connectivity index (χ4n) is 2.30. The molecule has 1 rings (SSSR count). The van der Waals surface area contributed by atoms with Crippen molar-refractivity contribution in [1.29, 1.82) is 5.41 Å². The number of nitrogens with one attached hydrogen (secondary N) is 1. The zero-order valence-corrected chi connectivity index (χ0v) is 14.5. The number of benzene rings is 1. The molecule has 3 N–H and O–H groups in total. The third kappa shape index (κ3) is 6.18. The molecule has 0 aromatic heterocycles. The second-order valence-corrected chi connectivity index (χ2v) is 8.72. The zero-order chi connectivity index (χ0) is 16.6. The quantitative estimate of drug-likeness (QED) is 0.392. The Morgan fingerprint density at radius 3 is 2.41 bits per heavy atom. The van der Waals surface area contributed by atoms with Crippen molar-refractivity contribution >= 4 is 21.7 Å². The van der Waals surface area contributed by atoms with E-state index >= 15 is 0 Å². The van der Waals surface area contributed by atoms with E-state index in [0.717, 1.165) is 44.1 Å². The smallest absolute Gasteiger partial charge is 0.152 e. The largest absolute Gasteiger partial charge is 0.398 e. The van der Waals surface area contributed by atoms with E-state index in [9.17, 15) is 8.42 Å². The fourth-order valence-corrected chi connectivity index (χ4v) is 3.38. The predicted molar refractivity (Wildman–Crippen MR) is 94.5 cm³/mol. The molecule has 0 amide bonds. The van der Waals surface area contributed by atoms with E-state index in [-0.39, 0.29) is 5.25 Å². The Hall–Kier alpha value is -1.36. The Morgan fingerprint density at radius 2 is 1.77 bits per heavy atom. The minimum Gasteiger partial charge on any atom is -0.398 e. The molecule has 0 unspecified atom stereocenters. The van der Waals surface area contributed by atoms with Crippen LogP contribution in [-0.4, -0.2) is 25.6 Å². The van der Waals surface area contributed by atoms with Crippen LogP contribution < -0.4 is 5.73 Å². The summed E-state index contributed by atoms with van der Waals surface area (Å²) in [6, 6.07) is 5.83. The van der Waals surface area contributed by atoms with E-state index in [2.05, 4.69) is 0 Å². The van der Waals surface area contributed by atoms with E-state index in [1.165, 1.54) is 11.8 Å². The highest BCUT2D eigenvalue weighted by Gasteiger charge is 2.14. The average Bonchev–Trinajstić information content (AvgIpc) is 2.47. The fraction of sp³-hybridized carbons (Fsp3) is 0.588. The highest BCUT2D eigenvalue weighted by molar-refractivity contribution is 7.91. The van der Waals surface area contributed by atoms with Crippen molar-refractivity contribution in [2.45, 2.75) is 57.6 Å². The lowest BCUT2D eigenvalue weighted by Gasteiger charge is -2.07. The predicted octanol–water partition coefficient (Wildman–Crippen LogP) is 3.58. The van der Waals surface area contributed by atoms with Gasteiger partial charge in [-0.25, -0.2) is 8.42 Å². The molecule has 0 radical (unpaired) electrons. The maximum Gasteiger partial charge on any atom is 0.152 e. The van der Waals surface area contributed by atoms with Gasteiger partial charge in [-0.15, -0.1) is 0 Å². The maximum absolute atomic E-state index is 11.7. The van der Waals surface area contributed by atoms with Crippen molar-refractivity contribution in [2.24, 2.45) is 0 Å². The summed E-state index contributed by atoms with van der Waals surface area (Å²) < 4.78 is 23.3. The topological polar surface area (TPSA) is 84.0 Å². The van der Waals surface area contributed by atoms with E-state index in [1.807, 2.05) is 18.2 Å². The molecule has 1 aromatic rings. The summed E-state index contributed by atoms with van der Waals surface area (Å²) in [5.74, 6) is 0.311. The van der Waals surface area contributed by atoms with Gasteiger partial charge in [0.2, 0.25) is 0 Å². The number of nitrogen functional groups attached to an aromatic ring is 1. The van der Waals surface area contributed by atoms with Gasteiger partial charge in [-0.2, -0.15) is 0 Å². The third-order valence-corrected chi connectivity index (χ3v) is 6.21. The van der Waals surface area contributed by atoms with Crippen LogP contribution in [0.5, 0.6) is 0 Å². The van der Waals surface area contributed by atoms with Crippen molar-refractivity contribution in [2.75, 3.05) is 11.5 Å². The lowest BCUT2D eigenvalue weighted by atomic mass is 10.0. The van der Waals surface area contributed by atoms with Crippen LogP contribution in [0, 0.1) is 5.41 Å². The molecule has 0 atom stereocenters. The van der Waals surface area contributed by atoms with Gasteiger partial charge in [0.15, 0.2) is 9.84 Å². The van der Waals surface area contributed by atoms with Gasteiger partial charge in [0.25, 0.3) is 0 Å². The average molecular weight is 324 g/mol.